The van der Waals surface area contributed by atoms with Gasteiger partial charge in [-0.25, -0.2) is 0 Å². The summed E-state index contributed by atoms with van der Waals surface area (Å²) in [6.45, 7) is 9.45. The summed E-state index contributed by atoms with van der Waals surface area (Å²) in [6.07, 6.45) is 0.953. The molecule has 0 aliphatic carbocycles. The van der Waals surface area contributed by atoms with Crippen LogP contribution in [0.2, 0.25) is 0 Å². The minimum atomic E-state index is 0.00459. The molecule has 0 spiro atoms. The molecule has 0 saturated carbocycles. The molecular weight excluding hydrogens is 278 g/mol. The summed E-state index contributed by atoms with van der Waals surface area (Å²) >= 11 is 1.82. The van der Waals surface area contributed by atoms with Gasteiger partial charge in [0, 0.05) is 21.9 Å². The van der Waals surface area contributed by atoms with Crippen LogP contribution in [0.5, 0.6) is 0 Å². The minimum Gasteiger partial charge on any atom is -0.352 e. The summed E-state index contributed by atoms with van der Waals surface area (Å²) in [6, 6.07) is 12.2. The Morgan fingerprint density at radius 3 is 2.29 bits per heavy atom. The van der Waals surface area contributed by atoms with Crippen molar-refractivity contribution in [1.29, 1.82) is 0 Å². The van der Waals surface area contributed by atoms with Crippen molar-refractivity contribution in [2.24, 2.45) is 0 Å². The number of hydrogen-bond acceptors (Lipinski definition) is 2. The van der Waals surface area contributed by atoms with Gasteiger partial charge >= 0.3 is 0 Å². The van der Waals surface area contributed by atoms with E-state index in [0.717, 1.165) is 18.5 Å². The van der Waals surface area contributed by atoms with Gasteiger partial charge in [-0.3, -0.25) is 4.79 Å². The molecule has 3 heteroatoms. The molecule has 1 aromatic heterocycles. The van der Waals surface area contributed by atoms with Gasteiger partial charge in [-0.1, -0.05) is 39.8 Å². The first kappa shape index (κ1) is 15.8. The van der Waals surface area contributed by atoms with E-state index < -0.39 is 0 Å². The van der Waals surface area contributed by atoms with Crippen molar-refractivity contribution in [2.75, 3.05) is 6.54 Å². The molecule has 0 aliphatic heterocycles. The quantitative estimate of drug-likeness (QED) is 0.859. The van der Waals surface area contributed by atoms with Gasteiger partial charge in [-0.15, -0.1) is 11.3 Å². The van der Waals surface area contributed by atoms with E-state index in [-0.39, 0.29) is 11.3 Å². The summed E-state index contributed by atoms with van der Waals surface area (Å²) in [5, 5.41) is 2.90. The van der Waals surface area contributed by atoms with Crippen LogP contribution in [0.1, 0.15) is 49.4 Å². The minimum absolute atomic E-state index is 0.00459. The van der Waals surface area contributed by atoms with Crippen LogP contribution < -0.4 is 5.32 Å². The maximum atomic E-state index is 11.9. The molecule has 2 rings (SSSR count). The van der Waals surface area contributed by atoms with Crippen LogP contribution in [-0.4, -0.2) is 12.5 Å². The lowest BCUT2D eigenvalue weighted by Gasteiger charge is -2.15. The molecular formula is C18H23NOS. The maximum Gasteiger partial charge on any atom is 0.251 e. The first-order chi connectivity index (χ1) is 9.91. The third-order valence-electron chi connectivity index (χ3n) is 3.31. The van der Waals surface area contributed by atoms with Gasteiger partial charge in [-0.05, 0) is 41.7 Å². The normalized spacial score (nSPS) is 11.4. The molecule has 0 bridgehead atoms. The third-order valence-corrected chi connectivity index (χ3v) is 4.87. The summed E-state index contributed by atoms with van der Waals surface area (Å²) < 4.78 is 0. The van der Waals surface area contributed by atoms with Gasteiger partial charge in [-0.2, -0.15) is 0 Å². The molecule has 21 heavy (non-hydrogen) atoms. The topological polar surface area (TPSA) is 29.1 Å². The largest absolute Gasteiger partial charge is 0.352 e. The number of amides is 1. The second kappa shape index (κ2) is 6.44. The molecule has 0 radical (unpaired) electrons. The standard InChI is InChI=1S/C18H23NOS/c1-5-12-19-17(20)14-8-6-13(7-9-14)15-10-11-16(21-15)18(2,3)4/h6-11H,5,12H2,1-4H3,(H,19,20). The van der Waals surface area contributed by atoms with E-state index in [2.05, 4.69) is 38.2 Å². The number of hydrogen-bond donors (Lipinski definition) is 1. The third kappa shape index (κ3) is 3.94. The van der Waals surface area contributed by atoms with E-state index in [1.54, 1.807) is 0 Å². The van der Waals surface area contributed by atoms with Crippen molar-refractivity contribution in [3.05, 3.63) is 46.8 Å². The predicted molar refractivity (Wildman–Crippen MR) is 91.1 cm³/mol. The van der Waals surface area contributed by atoms with Crippen LogP contribution in [0.15, 0.2) is 36.4 Å². The molecule has 2 nitrogen and oxygen atoms in total. The first-order valence-corrected chi connectivity index (χ1v) is 8.22. The Labute approximate surface area is 131 Å². The molecule has 0 unspecified atom stereocenters. The highest BCUT2D eigenvalue weighted by Gasteiger charge is 2.16. The van der Waals surface area contributed by atoms with Crippen LogP contribution in [0.3, 0.4) is 0 Å². The van der Waals surface area contributed by atoms with E-state index in [1.807, 2.05) is 42.5 Å². The van der Waals surface area contributed by atoms with Gasteiger partial charge in [0.05, 0.1) is 0 Å². The second-order valence-corrected chi connectivity index (χ2v) is 7.33. The fourth-order valence-electron chi connectivity index (χ4n) is 2.02. The van der Waals surface area contributed by atoms with Crippen molar-refractivity contribution in [1.82, 2.24) is 5.32 Å². The highest BCUT2D eigenvalue weighted by atomic mass is 32.1. The predicted octanol–water partition coefficient (Wildman–Crippen LogP) is 4.85. The Kier molecular flexibility index (Phi) is 4.84. The van der Waals surface area contributed by atoms with E-state index in [4.69, 9.17) is 0 Å². The molecule has 0 fully saturated rings. The van der Waals surface area contributed by atoms with Gasteiger partial charge in [0.2, 0.25) is 0 Å². The van der Waals surface area contributed by atoms with Crippen LogP contribution in [0, 0.1) is 0 Å². The van der Waals surface area contributed by atoms with Crippen molar-refractivity contribution < 1.29 is 4.79 Å². The fraction of sp³-hybridized carbons (Fsp3) is 0.389. The van der Waals surface area contributed by atoms with Gasteiger partial charge in [0.15, 0.2) is 0 Å². The SMILES string of the molecule is CCCNC(=O)c1ccc(-c2ccc(C(C)(C)C)s2)cc1. The Morgan fingerprint density at radius 1 is 1.10 bits per heavy atom. The number of thiophene rings is 1. The zero-order valence-electron chi connectivity index (χ0n) is 13.2. The number of benzene rings is 1. The Balaban J connectivity index is 2.15. The first-order valence-electron chi connectivity index (χ1n) is 7.41. The van der Waals surface area contributed by atoms with Gasteiger partial charge in [0.25, 0.3) is 5.91 Å². The Bertz CT molecular complexity index is 605. The van der Waals surface area contributed by atoms with E-state index in [0.29, 0.717) is 0 Å². The average molecular weight is 301 g/mol. The summed E-state index contributed by atoms with van der Waals surface area (Å²) in [5.74, 6) is 0.00459. The van der Waals surface area contributed by atoms with Crippen LogP contribution in [-0.2, 0) is 5.41 Å². The molecule has 1 aromatic carbocycles. The van der Waals surface area contributed by atoms with E-state index in [1.165, 1.54) is 15.3 Å². The average Bonchev–Trinajstić information content (AvgIpc) is 2.95. The molecule has 0 atom stereocenters. The van der Waals surface area contributed by atoms with Crippen molar-refractivity contribution >= 4 is 17.2 Å². The molecule has 112 valence electrons. The highest BCUT2D eigenvalue weighted by molar-refractivity contribution is 7.15. The summed E-state index contributed by atoms with van der Waals surface area (Å²) in [5.41, 5.74) is 2.07. The molecule has 2 aromatic rings. The Hall–Kier alpha value is -1.61. The smallest absolute Gasteiger partial charge is 0.251 e. The number of carbonyl (C=O) groups is 1. The monoisotopic (exact) mass is 301 g/mol. The van der Waals surface area contributed by atoms with Crippen LogP contribution >= 0.6 is 11.3 Å². The van der Waals surface area contributed by atoms with E-state index in [9.17, 15) is 4.79 Å². The lowest BCUT2D eigenvalue weighted by atomic mass is 9.95. The van der Waals surface area contributed by atoms with Gasteiger partial charge < -0.3 is 5.32 Å². The Morgan fingerprint density at radius 2 is 1.76 bits per heavy atom. The zero-order chi connectivity index (χ0) is 15.5. The summed E-state index contributed by atoms with van der Waals surface area (Å²) in [7, 11) is 0. The molecule has 1 N–H and O–H groups in total. The van der Waals surface area contributed by atoms with E-state index >= 15 is 0 Å². The zero-order valence-corrected chi connectivity index (χ0v) is 14.0. The van der Waals surface area contributed by atoms with Crippen LogP contribution in [0.25, 0.3) is 10.4 Å². The van der Waals surface area contributed by atoms with Crippen LogP contribution in [0.4, 0.5) is 0 Å². The van der Waals surface area contributed by atoms with Gasteiger partial charge in [0.1, 0.15) is 0 Å². The number of nitrogens with one attached hydrogen (secondary N) is 1. The molecule has 0 aliphatic rings. The molecule has 1 amide bonds. The fourth-order valence-corrected chi connectivity index (χ4v) is 3.09. The number of rotatable bonds is 4. The van der Waals surface area contributed by atoms with Crippen molar-refractivity contribution in [2.45, 2.75) is 39.5 Å². The highest BCUT2D eigenvalue weighted by Crippen LogP contribution is 2.34. The molecule has 0 saturated heterocycles. The number of carbonyl (C=O) groups excluding carboxylic acids is 1. The van der Waals surface area contributed by atoms with Crippen molar-refractivity contribution in [3.63, 3.8) is 0 Å². The second-order valence-electron chi connectivity index (χ2n) is 6.25. The van der Waals surface area contributed by atoms with Crippen molar-refractivity contribution in [3.8, 4) is 10.4 Å². The lowest BCUT2D eigenvalue weighted by molar-refractivity contribution is 0.0953. The lowest BCUT2D eigenvalue weighted by Crippen LogP contribution is -2.23. The summed E-state index contributed by atoms with van der Waals surface area (Å²) in [4.78, 5) is 14.5. The maximum absolute atomic E-state index is 11.9. The molecule has 1 heterocycles.